The van der Waals surface area contributed by atoms with Crippen molar-refractivity contribution in [3.8, 4) is 0 Å². The fourth-order valence-electron chi connectivity index (χ4n) is 6.66. The van der Waals surface area contributed by atoms with Crippen molar-refractivity contribution in [3.63, 3.8) is 0 Å². The standard InChI is InChI=1S/C47H45IO10/c48-41-44(54-30-35-20-10-3-11-21-35)43(53-29-34-18-8-2-9-19-34)40(31-51-28-33-16-6-1-7-17-33)57-47(41)56-38-26-27-52-39(32-55-45(49)36-22-12-4-13-23-36)42(38)58-46(50)37-24-14-5-15-25-37/h1-27,38-44,47H,28-32H2/t38-,39-,40-,41+,42+,43-,44-,47+/m1/s1. The number of benzene rings is 5. The number of hydrogen-bond acceptors (Lipinski definition) is 10. The van der Waals surface area contributed by atoms with Crippen LogP contribution in [0.25, 0.3) is 0 Å². The highest BCUT2D eigenvalue weighted by molar-refractivity contribution is 14.1. The summed E-state index contributed by atoms with van der Waals surface area (Å²) in [6, 6.07) is 47.1. The number of esters is 2. The van der Waals surface area contributed by atoms with Gasteiger partial charge in [-0.25, -0.2) is 9.59 Å². The second-order valence-electron chi connectivity index (χ2n) is 13.8. The van der Waals surface area contributed by atoms with Crippen molar-refractivity contribution in [2.45, 2.75) is 66.7 Å². The number of halogens is 1. The molecule has 1 fully saturated rings. The van der Waals surface area contributed by atoms with E-state index in [1.54, 1.807) is 54.6 Å². The summed E-state index contributed by atoms with van der Waals surface area (Å²) < 4.78 is 50.6. The summed E-state index contributed by atoms with van der Waals surface area (Å²) in [7, 11) is 0. The largest absolute Gasteiger partial charge is 0.491 e. The molecule has 0 N–H and O–H groups in total. The van der Waals surface area contributed by atoms with Gasteiger partial charge in [0.15, 0.2) is 18.5 Å². The first-order valence-electron chi connectivity index (χ1n) is 19.2. The molecule has 5 aromatic rings. The lowest BCUT2D eigenvalue weighted by Gasteiger charge is -2.46. The average molecular weight is 897 g/mol. The zero-order valence-electron chi connectivity index (χ0n) is 31.7. The first-order valence-corrected chi connectivity index (χ1v) is 20.4. The Morgan fingerprint density at radius 3 is 1.62 bits per heavy atom. The van der Waals surface area contributed by atoms with Crippen molar-refractivity contribution >= 4 is 34.5 Å². The van der Waals surface area contributed by atoms with E-state index in [9.17, 15) is 9.59 Å². The van der Waals surface area contributed by atoms with Gasteiger partial charge < -0.3 is 37.9 Å². The Balaban J connectivity index is 1.15. The predicted octanol–water partition coefficient (Wildman–Crippen LogP) is 8.28. The molecule has 0 saturated carbocycles. The predicted molar refractivity (Wildman–Crippen MR) is 224 cm³/mol. The molecule has 1 saturated heterocycles. The Bertz CT molecular complexity index is 2020. The molecule has 2 aliphatic rings. The van der Waals surface area contributed by atoms with Crippen LogP contribution < -0.4 is 0 Å². The summed E-state index contributed by atoms with van der Waals surface area (Å²) in [5, 5.41) is 0. The quantitative estimate of drug-likeness (QED) is 0.0515. The van der Waals surface area contributed by atoms with Crippen molar-refractivity contribution in [1.29, 1.82) is 0 Å². The van der Waals surface area contributed by atoms with Gasteiger partial charge in [0.25, 0.3) is 0 Å². The van der Waals surface area contributed by atoms with Crippen LogP contribution in [-0.2, 0) is 57.7 Å². The number of carbonyl (C=O) groups excluding carboxylic acids is 2. The zero-order valence-corrected chi connectivity index (χ0v) is 33.9. The molecular formula is C47H45IO10. The Morgan fingerprint density at radius 1 is 0.552 bits per heavy atom. The number of ether oxygens (including phenoxy) is 8. The van der Waals surface area contributed by atoms with Crippen molar-refractivity contribution < 1.29 is 47.5 Å². The summed E-state index contributed by atoms with van der Waals surface area (Å²) in [4.78, 5) is 26.5. The molecule has 7 rings (SSSR count). The van der Waals surface area contributed by atoms with Crippen LogP contribution in [0.4, 0.5) is 0 Å². The third-order valence-electron chi connectivity index (χ3n) is 9.68. The van der Waals surface area contributed by atoms with Crippen molar-refractivity contribution in [3.05, 3.63) is 192 Å². The van der Waals surface area contributed by atoms with Gasteiger partial charge in [0.05, 0.1) is 47.7 Å². The first kappa shape index (κ1) is 41.3. The Morgan fingerprint density at radius 2 is 1.05 bits per heavy atom. The molecule has 58 heavy (non-hydrogen) atoms. The second-order valence-corrected chi connectivity index (χ2v) is 15.3. The summed E-state index contributed by atoms with van der Waals surface area (Å²) in [5.41, 5.74) is 3.76. The highest BCUT2D eigenvalue weighted by Gasteiger charge is 2.49. The monoisotopic (exact) mass is 896 g/mol. The summed E-state index contributed by atoms with van der Waals surface area (Å²) >= 11 is 2.30. The van der Waals surface area contributed by atoms with E-state index in [-0.39, 0.29) is 13.2 Å². The minimum Gasteiger partial charge on any atom is -0.491 e. The van der Waals surface area contributed by atoms with Crippen LogP contribution in [0.5, 0.6) is 0 Å². The zero-order chi connectivity index (χ0) is 39.9. The molecule has 10 nitrogen and oxygen atoms in total. The van der Waals surface area contributed by atoms with E-state index in [0.29, 0.717) is 30.9 Å². The molecule has 0 aromatic heterocycles. The molecule has 8 atom stereocenters. The third-order valence-corrected chi connectivity index (χ3v) is 11.0. The second kappa shape index (κ2) is 21.2. The van der Waals surface area contributed by atoms with E-state index >= 15 is 0 Å². The first-order chi connectivity index (χ1) is 28.5. The van der Waals surface area contributed by atoms with Gasteiger partial charge in [-0.05, 0) is 47.0 Å². The van der Waals surface area contributed by atoms with Crippen LogP contribution in [0, 0.1) is 0 Å². The molecule has 2 aliphatic heterocycles. The minimum absolute atomic E-state index is 0.177. The maximum atomic E-state index is 13.6. The molecule has 11 heteroatoms. The smallest absolute Gasteiger partial charge is 0.338 e. The fourth-order valence-corrected chi connectivity index (χ4v) is 7.62. The average Bonchev–Trinajstić information content (AvgIpc) is 3.28. The van der Waals surface area contributed by atoms with E-state index in [1.165, 1.54) is 6.26 Å². The van der Waals surface area contributed by atoms with Crippen molar-refractivity contribution in [1.82, 2.24) is 0 Å². The van der Waals surface area contributed by atoms with E-state index in [0.717, 1.165) is 16.7 Å². The molecule has 0 radical (unpaired) electrons. The van der Waals surface area contributed by atoms with Gasteiger partial charge in [-0.2, -0.15) is 0 Å². The van der Waals surface area contributed by atoms with Gasteiger partial charge in [-0.3, -0.25) is 0 Å². The molecule has 0 spiro atoms. The third kappa shape index (κ3) is 11.4. The molecular weight excluding hydrogens is 851 g/mol. The van der Waals surface area contributed by atoms with Crippen molar-refractivity contribution in [2.24, 2.45) is 0 Å². The summed E-state index contributed by atoms with van der Waals surface area (Å²) in [5.74, 6) is -1.12. The Labute approximate surface area is 352 Å². The van der Waals surface area contributed by atoms with Crippen LogP contribution in [-0.4, -0.2) is 72.0 Å². The molecule has 0 aliphatic carbocycles. The van der Waals surface area contributed by atoms with Gasteiger partial charge in [0.2, 0.25) is 0 Å². The van der Waals surface area contributed by atoms with Crippen LogP contribution in [0.3, 0.4) is 0 Å². The maximum Gasteiger partial charge on any atom is 0.338 e. The molecule has 0 bridgehead atoms. The van der Waals surface area contributed by atoms with Gasteiger partial charge in [-0.15, -0.1) is 0 Å². The lowest BCUT2D eigenvalue weighted by molar-refractivity contribution is -0.287. The summed E-state index contributed by atoms with van der Waals surface area (Å²) in [6.07, 6.45) is -2.24. The van der Waals surface area contributed by atoms with Gasteiger partial charge in [0, 0.05) is 0 Å². The van der Waals surface area contributed by atoms with Gasteiger partial charge in [0.1, 0.15) is 31.0 Å². The topological polar surface area (TPSA) is 108 Å². The normalized spacial score (nSPS) is 24.0. The molecule has 5 aromatic carbocycles. The molecule has 300 valence electrons. The van der Waals surface area contributed by atoms with Crippen LogP contribution in [0.2, 0.25) is 0 Å². The Kier molecular flexibility index (Phi) is 15.1. The number of carbonyl (C=O) groups is 2. The van der Waals surface area contributed by atoms with Crippen LogP contribution in [0.15, 0.2) is 164 Å². The van der Waals surface area contributed by atoms with Crippen LogP contribution in [0.1, 0.15) is 37.4 Å². The van der Waals surface area contributed by atoms with E-state index < -0.39 is 58.8 Å². The highest BCUT2D eigenvalue weighted by atomic mass is 127. The Hall–Kier alpha value is -4.89. The van der Waals surface area contributed by atoms with Gasteiger partial charge in [-0.1, -0.05) is 150 Å². The lowest BCUT2D eigenvalue weighted by Crippen LogP contribution is -2.60. The molecule has 0 unspecified atom stereocenters. The van der Waals surface area contributed by atoms with E-state index in [2.05, 4.69) is 22.6 Å². The minimum atomic E-state index is -1.03. The SMILES string of the molecule is O=C(OC[C@H]1OC=C[C@@H](O[C@H]2O[C@H](COCc3ccccc3)[C@@H](OCc3ccccc3)[C@H](OCc3ccccc3)[C@@H]2I)[C@@H]1OC(=O)c1ccccc1)c1ccccc1. The highest BCUT2D eigenvalue weighted by Crippen LogP contribution is 2.35. The molecule has 2 heterocycles. The summed E-state index contributed by atoms with van der Waals surface area (Å²) in [6.45, 7) is 0.983. The molecule has 0 amide bonds. The maximum absolute atomic E-state index is 13.6. The number of rotatable bonds is 17. The number of alkyl halides is 1. The fraction of sp³-hybridized carbons (Fsp3) is 0.277. The van der Waals surface area contributed by atoms with Crippen LogP contribution >= 0.6 is 22.6 Å². The number of hydrogen-bond donors (Lipinski definition) is 0. The van der Waals surface area contributed by atoms with Gasteiger partial charge >= 0.3 is 11.9 Å². The van der Waals surface area contributed by atoms with Crippen molar-refractivity contribution in [2.75, 3.05) is 13.2 Å². The lowest BCUT2D eigenvalue weighted by atomic mass is 10.00. The van der Waals surface area contributed by atoms with E-state index in [4.69, 9.17) is 37.9 Å². The van der Waals surface area contributed by atoms with E-state index in [1.807, 2.05) is 103 Å².